The molecule has 0 saturated carbocycles. The molecule has 2 rings (SSSR count). The van der Waals surface area contributed by atoms with Crippen LogP contribution in [0.3, 0.4) is 0 Å². The summed E-state index contributed by atoms with van der Waals surface area (Å²) in [5.74, 6) is -0.445. The van der Waals surface area contributed by atoms with Crippen LogP contribution in [0.15, 0.2) is 59.5 Å². The summed E-state index contributed by atoms with van der Waals surface area (Å²) in [5.41, 5.74) is 1.90. The van der Waals surface area contributed by atoms with Crippen LogP contribution >= 0.6 is 11.8 Å². The number of carbonyl (C=O) groups excluding carboxylic acids is 1. The number of hydrogen-bond acceptors (Lipinski definition) is 5. The number of ether oxygens (including phenoxy) is 1. The van der Waals surface area contributed by atoms with Crippen molar-refractivity contribution in [3.05, 3.63) is 65.7 Å². The summed E-state index contributed by atoms with van der Waals surface area (Å²) >= 11 is 1.01. The molecule has 2 aromatic carbocycles. The number of thioether (sulfide) groups is 1. The summed E-state index contributed by atoms with van der Waals surface area (Å²) in [7, 11) is -3.73. The van der Waals surface area contributed by atoms with Gasteiger partial charge in [0.1, 0.15) is 6.61 Å². The first-order valence-corrected chi connectivity index (χ1v) is 10.3. The molecular weight excluding hydrogens is 344 g/mol. The Labute approximate surface area is 147 Å². The van der Waals surface area contributed by atoms with Gasteiger partial charge in [0, 0.05) is 0 Å². The molecular formula is C18H20O4S2. The first kappa shape index (κ1) is 18.7. The van der Waals surface area contributed by atoms with E-state index in [0.717, 1.165) is 22.9 Å². The summed E-state index contributed by atoms with van der Waals surface area (Å²) in [6.45, 7) is 1.93. The largest absolute Gasteiger partial charge is 0.369 e. The molecule has 0 spiro atoms. The zero-order valence-corrected chi connectivity index (χ0v) is 15.3. The predicted octanol–water partition coefficient (Wildman–Crippen LogP) is 3.24. The molecule has 1 atom stereocenters. The number of ketones is 1. The maximum atomic E-state index is 12.7. The molecule has 0 aliphatic rings. The molecule has 0 radical (unpaired) electrons. The van der Waals surface area contributed by atoms with Crippen LogP contribution < -0.4 is 0 Å². The van der Waals surface area contributed by atoms with Crippen molar-refractivity contribution in [3.63, 3.8) is 0 Å². The van der Waals surface area contributed by atoms with E-state index in [1.165, 1.54) is 12.1 Å². The van der Waals surface area contributed by atoms with E-state index in [1.54, 1.807) is 18.4 Å². The quantitative estimate of drug-likeness (QED) is 0.720. The van der Waals surface area contributed by atoms with Gasteiger partial charge in [0.15, 0.2) is 20.2 Å². The van der Waals surface area contributed by atoms with Crippen molar-refractivity contribution in [1.82, 2.24) is 0 Å². The predicted molar refractivity (Wildman–Crippen MR) is 96.8 cm³/mol. The fourth-order valence-corrected chi connectivity index (χ4v) is 5.05. The van der Waals surface area contributed by atoms with Crippen molar-refractivity contribution in [2.75, 3.05) is 12.9 Å². The lowest BCUT2D eigenvalue weighted by Gasteiger charge is -2.15. The molecule has 24 heavy (non-hydrogen) atoms. The van der Waals surface area contributed by atoms with E-state index < -0.39 is 20.2 Å². The zero-order valence-electron chi connectivity index (χ0n) is 13.6. The van der Waals surface area contributed by atoms with Crippen molar-refractivity contribution >= 4 is 27.4 Å². The topological polar surface area (TPSA) is 60.4 Å². The minimum Gasteiger partial charge on any atom is -0.369 e. The highest BCUT2D eigenvalue weighted by molar-refractivity contribution is 8.14. The monoisotopic (exact) mass is 364 g/mol. The molecule has 0 aliphatic carbocycles. The Bertz CT molecular complexity index is 768. The fourth-order valence-electron chi connectivity index (χ4n) is 2.19. The number of sulfone groups is 1. The molecule has 0 N–H and O–H groups in total. The Morgan fingerprint density at radius 1 is 1.08 bits per heavy atom. The minimum atomic E-state index is -3.73. The standard InChI is InChI=1S/C18H20O4S2/c1-14-8-10-16(11-9-14)24(20,21)18(23-2)17(19)13-22-12-15-6-4-3-5-7-15/h3-11,18H,12-13H2,1-2H3. The molecule has 0 bridgehead atoms. The van der Waals surface area contributed by atoms with Crippen molar-refractivity contribution in [2.45, 2.75) is 23.0 Å². The second kappa shape index (κ2) is 8.46. The molecule has 0 aliphatic heterocycles. The third kappa shape index (κ3) is 4.69. The second-order valence-corrected chi connectivity index (χ2v) is 8.64. The van der Waals surface area contributed by atoms with Gasteiger partial charge in [-0.2, -0.15) is 0 Å². The highest BCUT2D eigenvalue weighted by Gasteiger charge is 2.33. The van der Waals surface area contributed by atoms with Gasteiger partial charge in [-0.25, -0.2) is 8.42 Å². The average Bonchev–Trinajstić information content (AvgIpc) is 2.56. The fraction of sp³-hybridized carbons (Fsp3) is 0.278. The molecule has 1 unspecified atom stereocenters. The maximum absolute atomic E-state index is 12.7. The third-order valence-electron chi connectivity index (χ3n) is 3.46. The Morgan fingerprint density at radius 2 is 1.71 bits per heavy atom. The van der Waals surface area contributed by atoms with E-state index in [4.69, 9.17) is 4.74 Å². The highest BCUT2D eigenvalue weighted by atomic mass is 32.3. The van der Waals surface area contributed by atoms with E-state index in [0.29, 0.717) is 0 Å². The van der Waals surface area contributed by atoms with E-state index in [-0.39, 0.29) is 18.1 Å². The smallest absolute Gasteiger partial charge is 0.197 e. The number of Topliss-reactive ketones (excluding diaryl/α,β-unsaturated/α-hetero) is 1. The molecule has 2 aromatic rings. The second-order valence-electron chi connectivity index (χ2n) is 5.37. The van der Waals surface area contributed by atoms with Crippen molar-refractivity contribution in [2.24, 2.45) is 0 Å². The molecule has 128 valence electrons. The van der Waals surface area contributed by atoms with E-state index in [2.05, 4.69) is 0 Å². The maximum Gasteiger partial charge on any atom is 0.197 e. The van der Waals surface area contributed by atoms with Crippen LogP contribution in [0.5, 0.6) is 0 Å². The lowest BCUT2D eigenvalue weighted by atomic mass is 10.2. The van der Waals surface area contributed by atoms with E-state index >= 15 is 0 Å². The van der Waals surface area contributed by atoms with Crippen LogP contribution in [-0.2, 0) is 26.0 Å². The van der Waals surface area contributed by atoms with Crippen LogP contribution in [0.25, 0.3) is 0 Å². The van der Waals surface area contributed by atoms with Crippen LogP contribution in [0.2, 0.25) is 0 Å². The summed E-state index contributed by atoms with van der Waals surface area (Å²) in [4.78, 5) is 12.5. The van der Waals surface area contributed by atoms with Gasteiger partial charge in [-0.3, -0.25) is 4.79 Å². The third-order valence-corrected chi connectivity index (χ3v) is 7.25. The van der Waals surface area contributed by atoms with Gasteiger partial charge in [0.25, 0.3) is 0 Å². The lowest BCUT2D eigenvalue weighted by molar-refractivity contribution is -0.122. The Hall–Kier alpha value is -1.63. The normalized spacial score (nSPS) is 12.8. The zero-order chi connectivity index (χ0) is 17.6. The molecule has 0 fully saturated rings. The first-order valence-electron chi connectivity index (χ1n) is 7.43. The van der Waals surface area contributed by atoms with Crippen LogP contribution in [0.4, 0.5) is 0 Å². The summed E-state index contributed by atoms with van der Waals surface area (Å²) in [5, 5.41) is 0. The van der Waals surface area contributed by atoms with Crippen LogP contribution in [0.1, 0.15) is 11.1 Å². The Morgan fingerprint density at radius 3 is 2.29 bits per heavy atom. The van der Waals surface area contributed by atoms with Crippen molar-refractivity contribution in [1.29, 1.82) is 0 Å². The Kier molecular flexibility index (Phi) is 6.60. The SMILES string of the molecule is CSC(C(=O)COCc1ccccc1)S(=O)(=O)c1ccc(C)cc1. The Balaban J connectivity index is 2.03. The average molecular weight is 364 g/mol. The number of aryl methyl sites for hydroxylation is 1. The summed E-state index contributed by atoms with van der Waals surface area (Å²) < 4.78 is 29.5. The van der Waals surface area contributed by atoms with E-state index in [1.807, 2.05) is 37.3 Å². The van der Waals surface area contributed by atoms with Gasteiger partial charge in [-0.15, -0.1) is 11.8 Å². The summed E-state index contributed by atoms with van der Waals surface area (Å²) in [6.07, 6.45) is 1.62. The molecule has 6 heteroatoms. The first-order chi connectivity index (χ1) is 11.4. The van der Waals surface area contributed by atoms with E-state index in [9.17, 15) is 13.2 Å². The molecule has 0 heterocycles. The molecule has 0 aromatic heterocycles. The molecule has 0 saturated heterocycles. The van der Waals surface area contributed by atoms with Crippen LogP contribution in [-0.4, -0.2) is 31.6 Å². The molecule has 4 nitrogen and oxygen atoms in total. The highest BCUT2D eigenvalue weighted by Crippen LogP contribution is 2.24. The van der Waals surface area contributed by atoms with Crippen molar-refractivity contribution in [3.8, 4) is 0 Å². The number of rotatable bonds is 8. The summed E-state index contributed by atoms with van der Waals surface area (Å²) in [6, 6.07) is 15.9. The van der Waals surface area contributed by atoms with Crippen LogP contribution in [0, 0.1) is 6.92 Å². The van der Waals surface area contributed by atoms with Gasteiger partial charge in [-0.1, -0.05) is 48.0 Å². The number of carbonyl (C=O) groups is 1. The van der Waals surface area contributed by atoms with Gasteiger partial charge < -0.3 is 4.74 Å². The van der Waals surface area contributed by atoms with Gasteiger partial charge in [-0.05, 0) is 30.9 Å². The van der Waals surface area contributed by atoms with Gasteiger partial charge in [0.2, 0.25) is 0 Å². The lowest BCUT2D eigenvalue weighted by Crippen LogP contribution is -2.30. The number of hydrogen-bond donors (Lipinski definition) is 0. The van der Waals surface area contributed by atoms with Gasteiger partial charge in [0.05, 0.1) is 11.5 Å². The van der Waals surface area contributed by atoms with Crippen molar-refractivity contribution < 1.29 is 17.9 Å². The molecule has 0 amide bonds. The van der Waals surface area contributed by atoms with Gasteiger partial charge >= 0.3 is 0 Å². The number of benzene rings is 2. The minimum absolute atomic E-state index is 0.156.